The number of nitrogens with zero attached hydrogens (tertiary/aromatic N) is 1. The summed E-state index contributed by atoms with van der Waals surface area (Å²) in [5.74, 6) is 0.408. The molecule has 0 aromatic heterocycles. The fraction of sp³-hybridized carbons (Fsp3) is 0.481. The van der Waals surface area contributed by atoms with E-state index in [1.54, 1.807) is 7.11 Å². The second kappa shape index (κ2) is 9.33. The van der Waals surface area contributed by atoms with E-state index in [2.05, 4.69) is 38.7 Å². The molecule has 1 amide bonds. The maximum Gasteiger partial charge on any atom is 0.306 e. The average molecular weight is 468 g/mol. The molecule has 5 nitrogen and oxygen atoms in total. The third kappa shape index (κ3) is 6.05. The Labute approximate surface area is 199 Å². The second-order valence-corrected chi connectivity index (χ2v) is 16.1. The van der Waals surface area contributed by atoms with E-state index < -0.39 is 13.7 Å². The fourth-order valence-electron chi connectivity index (χ4n) is 4.39. The Morgan fingerprint density at radius 3 is 2.30 bits per heavy atom. The van der Waals surface area contributed by atoms with Crippen LogP contribution in [0.15, 0.2) is 36.4 Å². The van der Waals surface area contributed by atoms with Crippen LogP contribution in [0, 0.1) is 6.92 Å². The van der Waals surface area contributed by atoms with Gasteiger partial charge in [-0.2, -0.15) is 0 Å². The standard InChI is InChI=1S/C27H37NO4Si/c1-18-13-22-20(16-25(30)32-27(2,3)4)15-24(29)28(26(22)23(14-18)33(6,7)8)17-19-9-11-21(31-5)12-10-19/h9-14,20H,15-17H2,1-8H3. The van der Waals surface area contributed by atoms with Crippen molar-refractivity contribution in [2.24, 2.45) is 0 Å². The number of hydrogen-bond donors (Lipinski definition) is 0. The minimum absolute atomic E-state index is 0.0511. The zero-order valence-corrected chi connectivity index (χ0v) is 22.2. The van der Waals surface area contributed by atoms with Gasteiger partial charge in [0.1, 0.15) is 11.4 Å². The number of ether oxygens (including phenoxy) is 2. The molecule has 1 aliphatic rings. The van der Waals surface area contributed by atoms with Crippen LogP contribution in [0.5, 0.6) is 5.75 Å². The number of carbonyl (C=O) groups excluding carboxylic acids is 2. The average Bonchev–Trinajstić information content (AvgIpc) is 2.68. The quantitative estimate of drug-likeness (QED) is 0.427. The van der Waals surface area contributed by atoms with Gasteiger partial charge in [-0.15, -0.1) is 0 Å². The lowest BCUT2D eigenvalue weighted by Crippen LogP contribution is -2.47. The molecule has 1 atom stereocenters. The maximum absolute atomic E-state index is 13.5. The first-order valence-electron chi connectivity index (χ1n) is 11.6. The van der Waals surface area contributed by atoms with Crippen molar-refractivity contribution in [2.75, 3.05) is 12.0 Å². The minimum Gasteiger partial charge on any atom is -0.497 e. The van der Waals surface area contributed by atoms with E-state index in [-0.39, 0.29) is 24.2 Å². The Bertz CT molecular complexity index is 1030. The van der Waals surface area contributed by atoms with Crippen molar-refractivity contribution in [1.29, 1.82) is 0 Å². The van der Waals surface area contributed by atoms with Crippen molar-refractivity contribution in [2.45, 2.75) is 78.2 Å². The molecule has 2 aromatic rings. The molecule has 0 bridgehead atoms. The summed E-state index contributed by atoms with van der Waals surface area (Å²) in [5, 5.41) is 1.26. The van der Waals surface area contributed by atoms with Crippen LogP contribution in [-0.2, 0) is 20.9 Å². The SMILES string of the molecule is COc1ccc(CN2C(=O)CC(CC(=O)OC(C)(C)C)c3cc(C)cc([Si](C)(C)C)c32)cc1. The summed E-state index contributed by atoms with van der Waals surface area (Å²) in [6, 6.07) is 12.2. The van der Waals surface area contributed by atoms with Crippen molar-refractivity contribution < 1.29 is 19.1 Å². The van der Waals surface area contributed by atoms with Crippen molar-refractivity contribution in [3.05, 3.63) is 53.1 Å². The Kier molecular flexibility index (Phi) is 7.08. The van der Waals surface area contributed by atoms with E-state index in [1.165, 1.54) is 10.8 Å². The van der Waals surface area contributed by atoms with Gasteiger partial charge in [-0.25, -0.2) is 0 Å². The van der Waals surface area contributed by atoms with E-state index in [4.69, 9.17) is 9.47 Å². The monoisotopic (exact) mass is 467 g/mol. The van der Waals surface area contributed by atoms with Crippen LogP contribution in [0.1, 0.15) is 56.2 Å². The van der Waals surface area contributed by atoms with Crippen LogP contribution in [0.4, 0.5) is 5.69 Å². The highest BCUT2D eigenvalue weighted by Crippen LogP contribution is 2.40. The zero-order valence-electron chi connectivity index (χ0n) is 21.2. The summed E-state index contributed by atoms with van der Waals surface area (Å²) in [7, 11) is -0.140. The van der Waals surface area contributed by atoms with E-state index in [0.717, 1.165) is 22.6 Å². The molecule has 0 spiro atoms. The van der Waals surface area contributed by atoms with Crippen molar-refractivity contribution in [3.8, 4) is 5.75 Å². The van der Waals surface area contributed by atoms with Crippen molar-refractivity contribution >= 4 is 30.8 Å². The summed E-state index contributed by atoms with van der Waals surface area (Å²) < 4.78 is 10.9. The van der Waals surface area contributed by atoms with Gasteiger partial charge in [0, 0.05) is 18.0 Å². The molecule has 0 aliphatic carbocycles. The van der Waals surface area contributed by atoms with Gasteiger partial charge in [0.2, 0.25) is 5.91 Å². The maximum atomic E-state index is 13.5. The van der Waals surface area contributed by atoms with E-state index >= 15 is 0 Å². The zero-order chi connectivity index (χ0) is 24.6. The molecular weight excluding hydrogens is 430 g/mol. The highest BCUT2D eigenvalue weighted by molar-refractivity contribution is 6.90. The predicted octanol–water partition coefficient (Wildman–Crippen LogP) is 5.30. The van der Waals surface area contributed by atoms with Crippen LogP contribution in [0.3, 0.4) is 0 Å². The number of benzene rings is 2. The third-order valence-corrected chi connectivity index (χ3v) is 7.85. The molecule has 6 heteroatoms. The molecule has 0 fully saturated rings. The first kappa shape index (κ1) is 25.0. The number of anilines is 1. The number of carbonyl (C=O) groups is 2. The van der Waals surface area contributed by atoms with Gasteiger partial charge in [0.25, 0.3) is 0 Å². The minimum atomic E-state index is -1.79. The van der Waals surface area contributed by atoms with E-state index in [1.807, 2.05) is 49.9 Å². The molecule has 0 saturated carbocycles. The first-order valence-corrected chi connectivity index (χ1v) is 15.1. The number of methoxy groups -OCH3 is 1. The topological polar surface area (TPSA) is 55.8 Å². The summed E-state index contributed by atoms with van der Waals surface area (Å²) in [4.78, 5) is 28.1. The van der Waals surface area contributed by atoms with E-state index in [0.29, 0.717) is 13.0 Å². The van der Waals surface area contributed by atoms with Crippen LogP contribution >= 0.6 is 0 Å². The number of aryl methyl sites for hydroxylation is 1. The number of fused-ring (bicyclic) bond motifs is 1. The van der Waals surface area contributed by atoms with Crippen LogP contribution in [-0.4, -0.2) is 32.7 Å². The molecule has 2 aromatic carbocycles. The van der Waals surface area contributed by atoms with Gasteiger partial charge in [0.15, 0.2) is 0 Å². The smallest absolute Gasteiger partial charge is 0.306 e. The second-order valence-electron chi connectivity index (χ2n) is 11.0. The number of rotatable bonds is 6. The molecule has 0 saturated heterocycles. The Morgan fingerprint density at radius 2 is 1.76 bits per heavy atom. The predicted molar refractivity (Wildman–Crippen MR) is 136 cm³/mol. The highest BCUT2D eigenvalue weighted by Gasteiger charge is 2.37. The van der Waals surface area contributed by atoms with Gasteiger partial charge in [0.05, 0.1) is 28.1 Å². The van der Waals surface area contributed by atoms with Gasteiger partial charge < -0.3 is 14.4 Å². The molecule has 1 heterocycles. The Hall–Kier alpha value is -2.60. The van der Waals surface area contributed by atoms with Crippen LogP contribution < -0.4 is 14.8 Å². The summed E-state index contributed by atoms with van der Waals surface area (Å²) in [5.41, 5.74) is 3.75. The van der Waals surface area contributed by atoms with Gasteiger partial charge in [-0.05, 0) is 56.1 Å². The van der Waals surface area contributed by atoms with E-state index in [9.17, 15) is 9.59 Å². The Balaban J connectivity index is 2.06. The molecule has 1 aliphatic heterocycles. The van der Waals surface area contributed by atoms with Gasteiger partial charge >= 0.3 is 5.97 Å². The molecule has 1 unspecified atom stereocenters. The summed E-state index contributed by atoms with van der Waals surface area (Å²) >= 11 is 0. The van der Waals surface area contributed by atoms with Gasteiger partial charge in [-0.1, -0.05) is 49.5 Å². The number of amides is 1. The largest absolute Gasteiger partial charge is 0.497 e. The normalized spacial score (nSPS) is 16.4. The lowest BCUT2D eigenvalue weighted by atomic mass is 9.85. The number of esters is 1. The third-order valence-electron chi connectivity index (χ3n) is 5.86. The first-order chi connectivity index (χ1) is 15.3. The molecular formula is C27H37NO4Si. The number of hydrogen-bond acceptors (Lipinski definition) is 4. The lowest BCUT2D eigenvalue weighted by molar-refractivity contribution is -0.155. The molecule has 0 radical (unpaired) electrons. The molecule has 178 valence electrons. The van der Waals surface area contributed by atoms with Crippen molar-refractivity contribution in [1.82, 2.24) is 0 Å². The summed E-state index contributed by atoms with van der Waals surface area (Å²) in [6.07, 6.45) is 0.512. The van der Waals surface area contributed by atoms with Crippen LogP contribution in [0.25, 0.3) is 0 Å². The van der Waals surface area contributed by atoms with Gasteiger partial charge in [-0.3, -0.25) is 9.59 Å². The van der Waals surface area contributed by atoms with Crippen molar-refractivity contribution in [3.63, 3.8) is 0 Å². The summed E-state index contributed by atoms with van der Waals surface area (Å²) in [6.45, 7) is 15.1. The molecule has 3 rings (SSSR count). The van der Waals surface area contributed by atoms with Crippen LogP contribution in [0.2, 0.25) is 19.6 Å². The fourth-order valence-corrected chi connectivity index (χ4v) is 6.04. The lowest BCUT2D eigenvalue weighted by Gasteiger charge is -2.38. The molecule has 0 N–H and O–H groups in total. The highest BCUT2D eigenvalue weighted by atomic mass is 28.3. The Morgan fingerprint density at radius 1 is 1.12 bits per heavy atom. The molecule has 33 heavy (non-hydrogen) atoms.